The van der Waals surface area contributed by atoms with Crippen LogP contribution in [-0.2, 0) is 4.79 Å². The first kappa shape index (κ1) is 19.6. The Morgan fingerprint density at radius 3 is 2.50 bits per heavy atom. The van der Waals surface area contributed by atoms with Crippen molar-refractivity contribution in [2.45, 2.75) is 13.0 Å². The molecule has 2 aromatic rings. The molecule has 0 aliphatic carbocycles. The van der Waals surface area contributed by atoms with E-state index in [4.69, 9.17) is 4.74 Å². The number of nitro benzene ring substituents is 1. The van der Waals surface area contributed by atoms with Gasteiger partial charge in [0.25, 0.3) is 11.6 Å². The van der Waals surface area contributed by atoms with Gasteiger partial charge in [-0.2, -0.15) is 0 Å². The Kier molecular flexibility index (Phi) is 6.10. The van der Waals surface area contributed by atoms with Gasteiger partial charge in [-0.25, -0.2) is 0 Å². The number of rotatable bonds is 6. The minimum Gasteiger partial charge on any atom is -0.497 e. The van der Waals surface area contributed by atoms with Gasteiger partial charge in [0.2, 0.25) is 0 Å². The zero-order valence-corrected chi connectivity index (χ0v) is 16.1. The third-order valence-corrected chi connectivity index (χ3v) is 5.17. The van der Waals surface area contributed by atoms with Crippen LogP contribution in [0.25, 0.3) is 0 Å². The highest BCUT2D eigenvalue weighted by atomic mass is 16.6. The van der Waals surface area contributed by atoms with E-state index in [1.807, 2.05) is 25.1 Å². The van der Waals surface area contributed by atoms with Crippen molar-refractivity contribution < 1.29 is 19.4 Å². The number of hydrogen-bond donors (Lipinski definition) is 2. The maximum atomic E-state index is 12.6. The molecule has 1 saturated heterocycles. The number of amides is 1. The molecule has 1 aliphatic rings. The predicted molar refractivity (Wildman–Crippen MR) is 107 cm³/mol. The van der Waals surface area contributed by atoms with Gasteiger partial charge in [0.1, 0.15) is 5.75 Å². The number of carbonyl (C=O) groups is 1. The first-order valence-electron chi connectivity index (χ1n) is 9.27. The number of carbonyl (C=O) groups excluding carboxylic acids is 1. The zero-order chi connectivity index (χ0) is 20.1. The van der Waals surface area contributed by atoms with Gasteiger partial charge in [0.15, 0.2) is 6.04 Å². The fourth-order valence-electron chi connectivity index (χ4n) is 3.41. The molecule has 2 N–H and O–H groups in total. The SMILES string of the molecule is COc1cccc(NC(=O)[C@H](C)[NH+]2CCN(c3ccc([N+](=O)[O-])cc3)CC2)c1. The van der Waals surface area contributed by atoms with Gasteiger partial charge in [-0.1, -0.05) is 6.07 Å². The minimum atomic E-state index is -0.394. The Labute approximate surface area is 163 Å². The average molecular weight is 385 g/mol. The number of hydrogen-bond acceptors (Lipinski definition) is 5. The molecule has 1 amide bonds. The van der Waals surface area contributed by atoms with Crippen LogP contribution in [0.2, 0.25) is 0 Å². The monoisotopic (exact) mass is 385 g/mol. The van der Waals surface area contributed by atoms with Gasteiger partial charge in [0.05, 0.1) is 38.2 Å². The van der Waals surface area contributed by atoms with Gasteiger partial charge in [-0.15, -0.1) is 0 Å². The smallest absolute Gasteiger partial charge is 0.282 e. The number of nitro groups is 1. The van der Waals surface area contributed by atoms with Crippen LogP contribution in [-0.4, -0.2) is 50.2 Å². The molecular formula is C20H25N4O4+. The van der Waals surface area contributed by atoms with E-state index in [2.05, 4.69) is 10.2 Å². The van der Waals surface area contributed by atoms with Crippen molar-refractivity contribution in [1.82, 2.24) is 0 Å². The lowest BCUT2D eigenvalue weighted by molar-refractivity contribution is -0.914. The van der Waals surface area contributed by atoms with E-state index in [1.54, 1.807) is 25.3 Å². The van der Waals surface area contributed by atoms with Crippen LogP contribution < -0.4 is 19.9 Å². The molecule has 8 nitrogen and oxygen atoms in total. The van der Waals surface area contributed by atoms with Crippen LogP contribution in [0.5, 0.6) is 5.75 Å². The first-order valence-corrected chi connectivity index (χ1v) is 9.27. The molecule has 28 heavy (non-hydrogen) atoms. The maximum Gasteiger partial charge on any atom is 0.282 e. The molecular weight excluding hydrogens is 360 g/mol. The summed E-state index contributed by atoms with van der Waals surface area (Å²) in [6, 6.07) is 13.8. The van der Waals surface area contributed by atoms with Crippen molar-refractivity contribution >= 4 is 23.0 Å². The normalized spacial score (nSPS) is 15.7. The van der Waals surface area contributed by atoms with Crippen molar-refractivity contribution in [2.75, 3.05) is 43.5 Å². The van der Waals surface area contributed by atoms with Crippen LogP contribution in [0.1, 0.15) is 6.92 Å². The van der Waals surface area contributed by atoms with Crippen LogP contribution in [0.15, 0.2) is 48.5 Å². The Morgan fingerprint density at radius 1 is 1.21 bits per heavy atom. The molecule has 0 aromatic heterocycles. The molecule has 1 aliphatic heterocycles. The summed E-state index contributed by atoms with van der Waals surface area (Å²) >= 11 is 0. The van der Waals surface area contributed by atoms with Gasteiger partial charge < -0.3 is 19.9 Å². The average Bonchev–Trinajstić information content (AvgIpc) is 2.73. The highest BCUT2D eigenvalue weighted by molar-refractivity contribution is 5.93. The van der Waals surface area contributed by atoms with E-state index < -0.39 is 4.92 Å². The number of ether oxygens (including phenoxy) is 1. The van der Waals surface area contributed by atoms with E-state index in [0.717, 1.165) is 37.6 Å². The van der Waals surface area contributed by atoms with Crippen molar-refractivity contribution in [3.8, 4) is 5.75 Å². The largest absolute Gasteiger partial charge is 0.497 e. The number of anilines is 2. The third-order valence-electron chi connectivity index (χ3n) is 5.17. The zero-order valence-electron chi connectivity index (χ0n) is 16.1. The van der Waals surface area contributed by atoms with Crippen molar-refractivity contribution in [2.24, 2.45) is 0 Å². The van der Waals surface area contributed by atoms with Gasteiger partial charge in [0, 0.05) is 29.6 Å². The molecule has 0 spiro atoms. The summed E-state index contributed by atoms with van der Waals surface area (Å²) in [6.07, 6.45) is 0. The maximum absolute atomic E-state index is 12.6. The standard InChI is InChI=1S/C20H24N4O4/c1-15(20(25)21-16-4-3-5-19(14-16)28-2)22-10-12-23(13-11-22)17-6-8-18(9-7-17)24(26)27/h3-9,14-15H,10-13H2,1-2H3,(H,21,25)/p+1/t15-/m0/s1. The van der Waals surface area contributed by atoms with Gasteiger partial charge in [-0.3, -0.25) is 14.9 Å². The number of methoxy groups -OCH3 is 1. The van der Waals surface area contributed by atoms with Gasteiger partial charge >= 0.3 is 0 Å². The highest BCUT2D eigenvalue weighted by Crippen LogP contribution is 2.19. The van der Waals surface area contributed by atoms with E-state index in [9.17, 15) is 14.9 Å². The molecule has 2 aromatic carbocycles. The number of quaternary nitrogens is 1. The van der Waals surface area contributed by atoms with Crippen LogP contribution in [0.3, 0.4) is 0 Å². The second kappa shape index (κ2) is 8.71. The number of nitrogens with zero attached hydrogens (tertiary/aromatic N) is 2. The molecule has 1 atom stereocenters. The lowest BCUT2D eigenvalue weighted by Crippen LogP contribution is -3.19. The first-order chi connectivity index (χ1) is 13.5. The van der Waals surface area contributed by atoms with E-state index in [0.29, 0.717) is 5.75 Å². The fourth-order valence-corrected chi connectivity index (χ4v) is 3.41. The third kappa shape index (κ3) is 4.58. The molecule has 0 saturated carbocycles. The second-order valence-corrected chi connectivity index (χ2v) is 6.86. The molecule has 0 bridgehead atoms. The number of benzene rings is 2. The molecule has 3 rings (SSSR count). The van der Waals surface area contributed by atoms with Crippen LogP contribution in [0, 0.1) is 10.1 Å². The van der Waals surface area contributed by atoms with Crippen LogP contribution in [0.4, 0.5) is 17.1 Å². The summed E-state index contributed by atoms with van der Waals surface area (Å²) in [5, 5.41) is 13.7. The second-order valence-electron chi connectivity index (χ2n) is 6.86. The Hall–Kier alpha value is -3.13. The topological polar surface area (TPSA) is 89.2 Å². The number of nitrogens with one attached hydrogen (secondary N) is 2. The molecule has 0 radical (unpaired) electrons. The molecule has 1 fully saturated rings. The summed E-state index contributed by atoms with van der Waals surface area (Å²) in [5.41, 5.74) is 1.79. The highest BCUT2D eigenvalue weighted by Gasteiger charge is 2.29. The summed E-state index contributed by atoms with van der Waals surface area (Å²) in [5.74, 6) is 0.682. The van der Waals surface area contributed by atoms with Crippen molar-refractivity contribution in [1.29, 1.82) is 0 Å². The van der Waals surface area contributed by atoms with E-state index in [1.165, 1.54) is 17.0 Å². The molecule has 0 unspecified atom stereocenters. The molecule has 1 heterocycles. The Bertz CT molecular complexity index is 832. The summed E-state index contributed by atoms with van der Waals surface area (Å²) in [7, 11) is 1.60. The fraction of sp³-hybridized carbons (Fsp3) is 0.350. The number of piperazine rings is 1. The predicted octanol–water partition coefficient (Wildman–Crippen LogP) is 1.34. The minimum absolute atomic E-state index is 0.0213. The molecule has 8 heteroatoms. The Morgan fingerprint density at radius 2 is 1.89 bits per heavy atom. The number of non-ortho nitro benzene ring substituents is 1. The van der Waals surface area contributed by atoms with E-state index in [-0.39, 0.29) is 17.6 Å². The van der Waals surface area contributed by atoms with Crippen molar-refractivity contribution in [3.05, 3.63) is 58.6 Å². The Balaban J connectivity index is 1.54. The summed E-state index contributed by atoms with van der Waals surface area (Å²) in [6.45, 7) is 5.17. The summed E-state index contributed by atoms with van der Waals surface area (Å²) in [4.78, 5) is 26.4. The van der Waals surface area contributed by atoms with Crippen molar-refractivity contribution in [3.63, 3.8) is 0 Å². The lowest BCUT2D eigenvalue weighted by atomic mass is 10.2. The lowest BCUT2D eigenvalue weighted by Gasteiger charge is -2.36. The molecule has 148 valence electrons. The summed E-state index contributed by atoms with van der Waals surface area (Å²) < 4.78 is 5.19. The van der Waals surface area contributed by atoms with E-state index >= 15 is 0 Å². The quantitative estimate of drug-likeness (QED) is 0.579. The van der Waals surface area contributed by atoms with Gasteiger partial charge in [-0.05, 0) is 31.2 Å². The van der Waals surface area contributed by atoms with Crippen LogP contribution >= 0.6 is 0 Å².